The standard InChI is InChI=1S/C10H20N2OS/c1-2-13-8-4-7-12-6-3-5-9(12)10(11)14/h9H,2-8H2,1H3,(H2,11,14). The van der Waals surface area contributed by atoms with Crippen LogP contribution in [0.15, 0.2) is 0 Å². The molecular formula is C10H20N2OS. The van der Waals surface area contributed by atoms with E-state index in [9.17, 15) is 0 Å². The molecule has 1 aliphatic rings. The van der Waals surface area contributed by atoms with Crippen molar-refractivity contribution in [3.05, 3.63) is 0 Å². The SMILES string of the molecule is CCOCCCN1CCCC1C(N)=S. The number of hydrogen-bond acceptors (Lipinski definition) is 3. The molecule has 1 unspecified atom stereocenters. The first-order chi connectivity index (χ1) is 6.75. The Morgan fingerprint density at radius 1 is 1.64 bits per heavy atom. The minimum Gasteiger partial charge on any atom is -0.392 e. The topological polar surface area (TPSA) is 38.5 Å². The van der Waals surface area contributed by atoms with Crippen LogP contribution in [0.4, 0.5) is 0 Å². The molecule has 1 aliphatic heterocycles. The summed E-state index contributed by atoms with van der Waals surface area (Å²) in [6.07, 6.45) is 3.42. The van der Waals surface area contributed by atoms with Crippen LogP contribution >= 0.6 is 12.2 Å². The zero-order chi connectivity index (χ0) is 10.4. The number of rotatable bonds is 6. The fourth-order valence-corrected chi connectivity index (χ4v) is 2.20. The molecule has 1 saturated heterocycles. The third-order valence-corrected chi connectivity index (χ3v) is 2.90. The second-order valence-corrected chi connectivity index (χ2v) is 4.12. The van der Waals surface area contributed by atoms with E-state index >= 15 is 0 Å². The van der Waals surface area contributed by atoms with E-state index in [-0.39, 0.29) is 0 Å². The van der Waals surface area contributed by atoms with Crippen molar-refractivity contribution in [3.63, 3.8) is 0 Å². The van der Waals surface area contributed by atoms with E-state index in [1.54, 1.807) is 0 Å². The van der Waals surface area contributed by atoms with Gasteiger partial charge in [0.2, 0.25) is 0 Å². The fraction of sp³-hybridized carbons (Fsp3) is 0.900. The van der Waals surface area contributed by atoms with Gasteiger partial charge < -0.3 is 10.5 Å². The van der Waals surface area contributed by atoms with Gasteiger partial charge >= 0.3 is 0 Å². The van der Waals surface area contributed by atoms with Crippen LogP contribution in [0.3, 0.4) is 0 Å². The minimum atomic E-state index is 0.339. The maximum Gasteiger partial charge on any atom is 0.0902 e. The van der Waals surface area contributed by atoms with Crippen molar-refractivity contribution in [1.82, 2.24) is 4.90 Å². The molecule has 0 radical (unpaired) electrons. The summed E-state index contributed by atoms with van der Waals surface area (Å²) in [5, 5.41) is 0. The molecule has 1 rings (SSSR count). The number of nitrogens with two attached hydrogens (primary N) is 1. The summed E-state index contributed by atoms with van der Waals surface area (Å²) < 4.78 is 5.30. The van der Waals surface area contributed by atoms with Crippen molar-refractivity contribution in [2.24, 2.45) is 5.73 Å². The van der Waals surface area contributed by atoms with Crippen LogP contribution in [0.25, 0.3) is 0 Å². The molecule has 0 aromatic heterocycles. The average molecular weight is 216 g/mol. The maximum absolute atomic E-state index is 5.68. The molecule has 1 heterocycles. The molecule has 0 saturated carbocycles. The normalized spacial score (nSPS) is 22.8. The summed E-state index contributed by atoms with van der Waals surface area (Å²) in [5.74, 6) is 0. The molecule has 0 aliphatic carbocycles. The Labute approximate surface area is 91.6 Å². The first kappa shape index (κ1) is 11.9. The third kappa shape index (κ3) is 3.52. The van der Waals surface area contributed by atoms with Crippen LogP contribution in [0.1, 0.15) is 26.2 Å². The van der Waals surface area contributed by atoms with Crippen LogP contribution in [-0.2, 0) is 4.74 Å². The van der Waals surface area contributed by atoms with Crippen molar-refractivity contribution < 1.29 is 4.74 Å². The van der Waals surface area contributed by atoms with E-state index in [1.165, 1.54) is 6.42 Å². The van der Waals surface area contributed by atoms with Crippen LogP contribution in [-0.4, -0.2) is 42.2 Å². The molecule has 82 valence electrons. The molecular weight excluding hydrogens is 196 g/mol. The van der Waals surface area contributed by atoms with Gasteiger partial charge in [-0.25, -0.2) is 0 Å². The highest BCUT2D eigenvalue weighted by atomic mass is 32.1. The van der Waals surface area contributed by atoms with Gasteiger partial charge in [0.05, 0.1) is 11.0 Å². The zero-order valence-corrected chi connectivity index (χ0v) is 9.68. The van der Waals surface area contributed by atoms with Crippen LogP contribution in [0, 0.1) is 0 Å². The van der Waals surface area contributed by atoms with Gasteiger partial charge in [0.15, 0.2) is 0 Å². The average Bonchev–Trinajstić information content (AvgIpc) is 2.60. The van der Waals surface area contributed by atoms with Gasteiger partial charge in [0.1, 0.15) is 0 Å². The highest BCUT2D eigenvalue weighted by molar-refractivity contribution is 7.80. The van der Waals surface area contributed by atoms with E-state index in [4.69, 9.17) is 22.7 Å². The lowest BCUT2D eigenvalue weighted by atomic mass is 10.2. The van der Waals surface area contributed by atoms with E-state index < -0.39 is 0 Å². The molecule has 0 aromatic carbocycles. The smallest absolute Gasteiger partial charge is 0.0902 e. The fourth-order valence-electron chi connectivity index (χ4n) is 1.93. The van der Waals surface area contributed by atoms with Gasteiger partial charge in [-0.3, -0.25) is 4.90 Å². The molecule has 4 heteroatoms. The highest BCUT2D eigenvalue weighted by Crippen LogP contribution is 2.17. The Morgan fingerprint density at radius 2 is 2.43 bits per heavy atom. The number of thiocarbonyl (C=S) groups is 1. The van der Waals surface area contributed by atoms with Crippen LogP contribution in [0.2, 0.25) is 0 Å². The number of nitrogens with zero attached hydrogens (tertiary/aromatic N) is 1. The van der Waals surface area contributed by atoms with Crippen molar-refractivity contribution >= 4 is 17.2 Å². The molecule has 1 fully saturated rings. The van der Waals surface area contributed by atoms with Crippen molar-refractivity contribution in [2.45, 2.75) is 32.2 Å². The molecule has 0 aromatic rings. The molecule has 2 N–H and O–H groups in total. The van der Waals surface area contributed by atoms with E-state index in [2.05, 4.69) is 4.90 Å². The Kier molecular flexibility index (Phi) is 5.37. The summed E-state index contributed by atoms with van der Waals surface area (Å²) in [4.78, 5) is 3.03. The summed E-state index contributed by atoms with van der Waals surface area (Å²) in [5.41, 5.74) is 5.68. The van der Waals surface area contributed by atoms with E-state index in [0.717, 1.165) is 39.1 Å². The monoisotopic (exact) mass is 216 g/mol. The summed E-state index contributed by atoms with van der Waals surface area (Å²) >= 11 is 5.04. The first-order valence-electron chi connectivity index (χ1n) is 5.36. The summed E-state index contributed by atoms with van der Waals surface area (Å²) in [6.45, 7) is 5.86. The second-order valence-electron chi connectivity index (χ2n) is 3.65. The second kappa shape index (κ2) is 6.32. The molecule has 0 bridgehead atoms. The quantitative estimate of drug-likeness (QED) is 0.534. The molecule has 3 nitrogen and oxygen atoms in total. The predicted molar refractivity (Wildman–Crippen MR) is 62.5 cm³/mol. The molecule has 14 heavy (non-hydrogen) atoms. The Hall–Kier alpha value is -0.190. The van der Waals surface area contributed by atoms with Crippen molar-refractivity contribution in [3.8, 4) is 0 Å². The lowest BCUT2D eigenvalue weighted by Crippen LogP contribution is -2.39. The van der Waals surface area contributed by atoms with Crippen LogP contribution < -0.4 is 5.73 Å². The summed E-state index contributed by atoms with van der Waals surface area (Å²) in [7, 11) is 0. The van der Waals surface area contributed by atoms with E-state index in [0.29, 0.717) is 11.0 Å². The van der Waals surface area contributed by atoms with Gasteiger partial charge in [-0.15, -0.1) is 0 Å². The molecule has 1 atom stereocenters. The predicted octanol–water partition coefficient (Wildman–Crippen LogP) is 1.16. The van der Waals surface area contributed by atoms with E-state index in [1.807, 2.05) is 6.92 Å². The number of ether oxygens (including phenoxy) is 1. The highest BCUT2D eigenvalue weighted by Gasteiger charge is 2.25. The third-order valence-electron chi connectivity index (χ3n) is 2.63. The van der Waals surface area contributed by atoms with Crippen molar-refractivity contribution in [2.75, 3.05) is 26.3 Å². The summed E-state index contributed by atoms with van der Waals surface area (Å²) in [6, 6.07) is 0.339. The minimum absolute atomic E-state index is 0.339. The van der Waals surface area contributed by atoms with Gasteiger partial charge in [0.25, 0.3) is 0 Å². The first-order valence-corrected chi connectivity index (χ1v) is 5.77. The Bertz CT molecular complexity index is 187. The Balaban J connectivity index is 2.19. The molecule has 0 spiro atoms. The zero-order valence-electron chi connectivity index (χ0n) is 8.87. The Morgan fingerprint density at radius 3 is 3.07 bits per heavy atom. The lowest BCUT2D eigenvalue weighted by molar-refractivity contribution is 0.133. The van der Waals surface area contributed by atoms with Gasteiger partial charge in [-0.1, -0.05) is 12.2 Å². The maximum atomic E-state index is 5.68. The molecule has 0 amide bonds. The van der Waals surface area contributed by atoms with Crippen molar-refractivity contribution in [1.29, 1.82) is 0 Å². The largest absolute Gasteiger partial charge is 0.392 e. The number of hydrogen-bond donors (Lipinski definition) is 1. The van der Waals surface area contributed by atoms with Gasteiger partial charge in [-0.2, -0.15) is 0 Å². The van der Waals surface area contributed by atoms with Crippen LogP contribution in [0.5, 0.6) is 0 Å². The van der Waals surface area contributed by atoms with Gasteiger partial charge in [-0.05, 0) is 32.7 Å². The lowest BCUT2D eigenvalue weighted by Gasteiger charge is -2.23. The number of likely N-dealkylation sites (tertiary alicyclic amines) is 1. The van der Waals surface area contributed by atoms with Gasteiger partial charge in [0, 0.05) is 19.8 Å².